The Kier molecular flexibility index (Phi) is 8.47. The second-order valence-electron chi connectivity index (χ2n) is 8.84. The zero-order chi connectivity index (χ0) is 23.8. The maximum Gasteiger partial charge on any atom is 0.261 e. The fourth-order valence-corrected chi connectivity index (χ4v) is 3.78. The number of fused-ring (bicyclic) bond motifs is 1. The lowest BCUT2D eigenvalue weighted by molar-refractivity contribution is -0.143. The van der Waals surface area contributed by atoms with Gasteiger partial charge in [0.2, 0.25) is 5.91 Å². The summed E-state index contributed by atoms with van der Waals surface area (Å²) in [5.74, 6) is 0.656. The molecule has 2 amide bonds. The predicted molar refractivity (Wildman–Crippen MR) is 133 cm³/mol. The Bertz CT molecular complexity index is 1070. The van der Waals surface area contributed by atoms with Crippen molar-refractivity contribution >= 4 is 22.6 Å². The third-order valence-electron chi connectivity index (χ3n) is 5.64. The quantitative estimate of drug-likeness (QED) is 0.471. The minimum absolute atomic E-state index is 0.128. The zero-order valence-electron chi connectivity index (χ0n) is 20.0. The van der Waals surface area contributed by atoms with E-state index in [-0.39, 0.29) is 18.4 Å². The molecule has 174 valence electrons. The third kappa shape index (κ3) is 6.58. The number of nitrogens with one attached hydrogen (secondary N) is 1. The molecule has 0 aromatic heterocycles. The molecule has 3 aromatic rings. The molecule has 33 heavy (non-hydrogen) atoms. The van der Waals surface area contributed by atoms with Gasteiger partial charge < -0.3 is 15.0 Å². The van der Waals surface area contributed by atoms with E-state index in [9.17, 15) is 9.59 Å². The minimum Gasteiger partial charge on any atom is -0.483 e. The number of carbonyl (C=O) groups excluding carboxylic acids is 2. The minimum atomic E-state index is -0.561. The topological polar surface area (TPSA) is 58.6 Å². The molecule has 0 fully saturated rings. The highest BCUT2D eigenvalue weighted by molar-refractivity contribution is 5.90. The van der Waals surface area contributed by atoms with Crippen molar-refractivity contribution in [3.05, 3.63) is 77.9 Å². The van der Waals surface area contributed by atoms with Crippen LogP contribution in [0.4, 0.5) is 0 Å². The van der Waals surface area contributed by atoms with Crippen LogP contribution in [-0.4, -0.2) is 35.9 Å². The molecule has 1 unspecified atom stereocenters. The second kappa shape index (κ2) is 11.5. The van der Waals surface area contributed by atoms with Crippen LogP contribution in [0.2, 0.25) is 0 Å². The molecule has 3 aromatic carbocycles. The lowest BCUT2D eigenvalue weighted by Gasteiger charge is -2.31. The Balaban J connectivity index is 1.81. The van der Waals surface area contributed by atoms with Crippen molar-refractivity contribution in [3.63, 3.8) is 0 Å². The highest BCUT2D eigenvalue weighted by atomic mass is 16.5. The van der Waals surface area contributed by atoms with E-state index < -0.39 is 6.04 Å². The molecule has 0 bridgehead atoms. The molecule has 5 heteroatoms. The average molecular weight is 447 g/mol. The van der Waals surface area contributed by atoms with Crippen LogP contribution in [0, 0.1) is 12.8 Å². The van der Waals surface area contributed by atoms with Gasteiger partial charge in [0.15, 0.2) is 6.61 Å². The van der Waals surface area contributed by atoms with Gasteiger partial charge in [-0.25, -0.2) is 0 Å². The van der Waals surface area contributed by atoms with Crippen LogP contribution in [0.3, 0.4) is 0 Å². The van der Waals surface area contributed by atoms with Crippen LogP contribution < -0.4 is 10.1 Å². The standard InChI is InChI=1S/C28H34N2O3/c1-5-25(28(32)29-17-20(2)3)30(18-22-15-13-21(4)14-16-22)27(31)19-33-26-12-8-10-23-9-6-7-11-24(23)26/h6-16,20,25H,5,17-19H2,1-4H3,(H,29,32). The van der Waals surface area contributed by atoms with Gasteiger partial charge in [-0.05, 0) is 36.3 Å². The largest absolute Gasteiger partial charge is 0.483 e. The summed E-state index contributed by atoms with van der Waals surface area (Å²) < 4.78 is 5.97. The molecule has 0 aliphatic rings. The van der Waals surface area contributed by atoms with Gasteiger partial charge >= 0.3 is 0 Å². The number of amides is 2. The summed E-state index contributed by atoms with van der Waals surface area (Å²) in [6.07, 6.45) is 0.524. The maximum atomic E-state index is 13.4. The number of benzene rings is 3. The number of hydrogen-bond donors (Lipinski definition) is 1. The maximum absolute atomic E-state index is 13.4. The van der Waals surface area contributed by atoms with Gasteiger partial charge in [-0.2, -0.15) is 0 Å². The highest BCUT2D eigenvalue weighted by Crippen LogP contribution is 2.25. The normalized spacial score (nSPS) is 11.9. The van der Waals surface area contributed by atoms with E-state index in [2.05, 4.69) is 19.2 Å². The van der Waals surface area contributed by atoms with E-state index in [1.165, 1.54) is 0 Å². The van der Waals surface area contributed by atoms with E-state index in [0.29, 0.717) is 31.2 Å². The van der Waals surface area contributed by atoms with E-state index in [4.69, 9.17) is 4.74 Å². The molecule has 0 saturated heterocycles. The zero-order valence-corrected chi connectivity index (χ0v) is 20.0. The summed E-state index contributed by atoms with van der Waals surface area (Å²) in [5, 5.41) is 5.00. The van der Waals surface area contributed by atoms with Gasteiger partial charge in [-0.3, -0.25) is 9.59 Å². The van der Waals surface area contributed by atoms with Crippen molar-refractivity contribution in [2.75, 3.05) is 13.2 Å². The predicted octanol–water partition coefficient (Wildman–Crippen LogP) is 5.11. The molecule has 0 spiro atoms. The Labute approximate surface area is 196 Å². The summed E-state index contributed by atoms with van der Waals surface area (Å²) in [4.78, 5) is 28.0. The Morgan fingerprint density at radius 1 is 0.970 bits per heavy atom. The first kappa shape index (κ1) is 24.3. The van der Waals surface area contributed by atoms with Crippen LogP contribution in [0.5, 0.6) is 5.75 Å². The fourth-order valence-electron chi connectivity index (χ4n) is 3.78. The summed E-state index contributed by atoms with van der Waals surface area (Å²) in [7, 11) is 0. The molecule has 1 N–H and O–H groups in total. The van der Waals surface area contributed by atoms with E-state index in [1.54, 1.807) is 4.90 Å². The fraction of sp³-hybridized carbons (Fsp3) is 0.357. The van der Waals surface area contributed by atoms with Crippen LogP contribution in [0.25, 0.3) is 10.8 Å². The molecule has 0 radical (unpaired) electrons. The van der Waals surface area contributed by atoms with Crippen molar-refractivity contribution in [3.8, 4) is 5.75 Å². The monoisotopic (exact) mass is 446 g/mol. The van der Waals surface area contributed by atoms with E-state index in [0.717, 1.165) is 21.9 Å². The number of aryl methyl sites for hydroxylation is 1. The van der Waals surface area contributed by atoms with Crippen molar-refractivity contribution in [1.29, 1.82) is 0 Å². The lowest BCUT2D eigenvalue weighted by Crippen LogP contribution is -2.50. The molecule has 1 atom stereocenters. The first-order valence-electron chi connectivity index (χ1n) is 11.6. The van der Waals surface area contributed by atoms with Crippen molar-refractivity contribution < 1.29 is 14.3 Å². The van der Waals surface area contributed by atoms with Crippen molar-refractivity contribution in [1.82, 2.24) is 10.2 Å². The summed E-state index contributed by atoms with van der Waals surface area (Å²) in [5.41, 5.74) is 2.13. The van der Waals surface area contributed by atoms with Gasteiger partial charge in [0.05, 0.1) is 0 Å². The third-order valence-corrected chi connectivity index (χ3v) is 5.64. The molecular formula is C28H34N2O3. The van der Waals surface area contributed by atoms with Crippen molar-refractivity contribution in [2.45, 2.75) is 46.7 Å². The molecule has 5 nitrogen and oxygen atoms in total. The molecule has 0 heterocycles. The Hall–Kier alpha value is -3.34. The molecule has 3 rings (SSSR count). The smallest absolute Gasteiger partial charge is 0.261 e. The van der Waals surface area contributed by atoms with Crippen molar-refractivity contribution in [2.24, 2.45) is 5.92 Å². The number of carbonyl (C=O) groups is 2. The molecular weight excluding hydrogens is 412 g/mol. The highest BCUT2D eigenvalue weighted by Gasteiger charge is 2.29. The summed E-state index contributed by atoms with van der Waals surface area (Å²) in [6.45, 7) is 8.86. The second-order valence-corrected chi connectivity index (χ2v) is 8.84. The lowest BCUT2D eigenvalue weighted by atomic mass is 10.1. The Morgan fingerprint density at radius 2 is 1.67 bits per heavy atom. The number of rotatable bonds is 10. The number of hydrogen-bond acceptors (Lipinski definition) is 3. The van der Waals surface area contributed by atoms with Crippen LogP contribution in [0.1, 0.15) is 38.3 Å². The Morgan fingerprint density at radius 3 is 2.36 bits per heavy atom. The van der Waals surface area contributed by atoms with E-state index in [1.807, 2.05) is 80.6 Å². The molecule has 0 saturated carbocycles. The molecule has 0 aliphatic carbocycles. The van der Waals surface area contributed by atoms with Gasteiger partial charge in [-0.1, -0.05) is 87.0 Å². The first-order valence-corrected chi connectivity index (χ1v) is 11.6. The van der Waals surface area contributed by atoms with Crippen LogP contribution >= 0.6 is 0 Å². The number of ether oxygens (including phenoxy) is 1. The average Bonchev–Trinajstić information content (AvgIpc) is 2.82. The SMILES string of the molecule is CCC(C(=O)NCC(C)C)N(Cc1ccc(C)cc1)C(=O)COc1cccc2ccccc12. The van der Waals surface area contributed by atoms with Gasteiger partial charge in [0.25, 0.3) is 5.91 Å². The van der Waals surface area contributed by atoms with Gasteiger partial charge in [0.1, 0.15) is 11.8 Å². The van der Waals surface area contributed by atoms with Gasteiger partial charge in [0, 0.05) is 18.5 Å². The first-order chi connectivity index (χ1) is 15.9. The summed E-state index contributed by atoms with van der Waals surface area (Å²) in [6, 6.07) is 21.2. The van der Waals surface area contributed by atoms with Crippen LogP contribution in [0.15, 0.2) is 66.7 Å². The van der Waals surface area contributed by atoms with E-state index >= 15 is 0 Å². The number of nitrogens with zero attached hydrogens (tertiary/aromatic N) is 1. The molecule has 0 aliphatic heterocycles. The van der Waals surface area contributed by atoms with Crippen LogP contribution in [-0.2, 0) is 16.1 Å². The summed E-state index contributed by atoms with van der Waals surface area (Å²) >= 11 is 0. The van der Waals surface area contributed by atoms with Gasteiger partial charge in [-0.15, -0.1) is 0 Å².